The molecule has 7 heteroatoms. The Labute approximate surface area is 114 Å². The van der Waals surface area contributed by atoms with Gasteiger partial charge in [0.2, 0.25) is 5.78 Å². The molecule has 7 nitrogen and oxygen atoms in total. The molecular formula is C13H16O7. The van der Waals surface area contributed by atoms with Crippen LogP contribution in [0, 0.1) is 17.3 Å². The smallest absolute Gasteiger partial charge is 0.313 e. The number of aliphatic carboxylic acids is 2. The summed E-state index contributed by atoms with van der Waals surface area (Å²) in [7, 11) is 0. The molecule has 2 fully saturated rings. The molecule has 0 aromatic rings. The van der Waals surface area contributed by atoms with Gasteiger partial charge < -0.3 is 14.9 Å². The van der Waals surface area contributed by atoms with Gasteiger partial charge in [-0.05, 0) is 12.8 Å². The summed E-state index contributed by atoms with van der Waals surface area (Å²) in [6.07, 6.45) is -0.458. The van der Waals surface area contributed by atoms with E-state index >= 15 is 0 Å². The van der Waals surface area contributed by atoms with Crippen molar-refractivity contribution in [3.8, 4) is 0 Å². The van der Waals surface area contributed by atoms with E-state index in [1.54, 1.807) is 0 Å². The molecule has 0 aromatic carbocycles. The van der Waals surface area contributed by atoms with Gasteiger partial charge in [-0.25, -0.2) is 0 Å². The fraction of sp³-hybridized carbons (Fsp3) is 0.692. The maximum absolute atomic E-state index is 11.8. The normalized spacial score (nSPS) is 38.0. The molecule has 4 unspecified atom stereocenters. The third kappa shape index (κ3) is 1.93. The number of ketones is 2. The van der Waals surface area contributed by atoms with Gasteiger partial charge in [-0.1, -0.05) is 6.92 Å². The largest absolute Gasteiger partial charge is 0.481 e. The fourth-order valence-corrected chi connectivity index (χ4v) is 3.39. The standard InChI is InChI=1S/C13H16O7/c1-6-9(11(16)17)13(12(18)19,5-7(14)10(6)15)8-3-2-4-20-8/h6,8-9H,2-5H2,1H3,(H,16,17)(H,18,19). The number of hydrogen-bond donors (Lipinski definition) is 2. The van der Waals surface area contributed by atoms with Crippen molar-refractivity contribution in [2.45, 2.75) is 32.3 Å². The van der Waals surface area contributed by atoms with Crippen molar-refractivity contribution in [2.24, 2.45) is 17.3 Å². The number of carbonyl (C=O) groups excluding carboxylic acids is 2. The van der Waals surface area contributed by atoms with Crippen LogP contribution in [-0.4, -0.2) is 46.4 Å². The highest BCUT2D eigenvalue weighted by molar-refractivity contribution is 6.39. The summed E-state index contributed by atoms with van der Waals surface area (Å²) >= 11 is 0. The Hall–Kier alpha value is -1.76. The van der Waals surface area contributed by atoms with E-state index in [-0.39, 0.29) is 0 Å². The van der Waals surface area contributed by atoms with Crippen LogP contribution in [0.4, 0.5) is 0 Å². The SMILES string of the molecule is CC1C(=O)C(=O)CC(C(=O)O)(C2CCCO2)C1C(=O)O. The molecule has 2 N–H and O–H groups in total. The summed E-state index contributed by atoms with van der Waals surface area (Å²) in [5.41, 5.74) is -1.85. The lowest BCUT2D eigenvalue weighted by Crippen LogP contribution is -2.59. The molecule has 1 heterocycles. The van der Waals surface area contributed by atoms with Gasteiger partial charge in [-0.15, -0.1) is 0 Å². The summed E-state index contributed by atoms with van der Waals surface area (Å²) in [6.45, 7) is 1.63. The molecule has 1 aliphatic heterocycles. The van der Waals surface area contributed by atoms with Gasteiger partial charge in [0.15, 0.2) is 5.78 Å². The molecule has 0 amide bonds. The third-order valence-corrected chi connectivity index (χ3v) is 4.36. The minimum absolute atomic E-state index is 0.336. The second-order valence-corrected chi connectivity index (χ2v) is 5.42. The Morgan fingerprint density at radius 2 is 1.95 bits per heavy atom. The van der Waals surface area contributed by atoms with Gasteiger partial charge in [0.05, 0.1) is 12.0 Å². The van der Waals surface area contributed by atoms with Gasteiger partial charge in [0, 0.05) is 18.9 Å². The number of ether oxygens (including phenoxy) is 1. The van der Waals surface area contributed by atoms with Crippen molar-refractivity contribution in [1.82, 2.24) is 0 Å². The van der Waals surface area contributed by atoms with E-state index in [9.17, 15) is 29.4 Å². The lowest BCUT2D eigenvalue weighted by Gasteiger charge is -2.43. The van der Waals surface area contributed by atoms with Crippen LogP contribution >= 0.6 is 0 Å². The Morgan fingerprint density at radius 3 is 2.40 bits per heavy atom. The minimum Gasteiger partial charge on any atom is -0.481 e. The lowest BCUT2D eigenvalue weighted by atomic mass is 9.58. The van der Waals surface area contributed by atoms with Crippen LogP contribution in [0.3, 0.4) is 0 Å². The molecule has 1 saturated carbocycles. The topological polar surface area (TPSA) is 118 Å². The van der Waals surface area contributed by atoms with Gasteiger partial charge in [0.25, 0.3) is 0 Å². The number of carboxylic acids is 2. The van der Waals surface area contributed by atoms with Gasteiger partial charge in [0.1, 0.15) is 5.41 Å². The molecule has 20 heavy (non-hydrogen) atoms. The molecule has 4 atom stereocenters. The van der Waals surface area contributed by atoms with Crippen LogP contribution < -0.4 is 0 Å². The predicted molar refractivity (Wildman–Crippen MR) is 64.0 cm³/mol. The van der Waals surface area contributed by atoms with Crippen LogP contribution in [0.25, 0.3) is 0 Å². The zero-order valence-electron chi connectivity index (χ0n) is 11.0. The summed E-state index contributed by atoms with van der Waals surface area (Å²) in [5.74, 6) is -7.01. The highest BCUT2D eigenvalue weighted by Crippen LogP contribution is 2.48. The molecule has 1 saturated heterocycles. The minimum atomic E-state index is -1.85. The monoisotopic (exact) mass is 284 g/mol. The first-order valence-electron chi connectivity index (χ1n) is 6.47. The number of rotatable bonds is 3. The average molecular weight is 284 g/mol. The van der Waals surface area contributed by atoms with E-state index in [1.165, 1.54) is 6.92 Å². The van der Waals surface area contributed by atoms with Gasteiger partial charge in [-0.3, -0.25) is 19.2 Å². The highest BCUT2D eigenvalue weighted by atomic mass is 16.5. The van der Waals surface area contributed by atoms with Crippen molar-refractivity contribution < 1.29 is 34.1 Å². The second kappa shape index (κ2) is 4.97. The zero-order chi connectivity index (χ0) is 15.1. The maximum Gasteiger partial charge on any atom is 0.313 e. The average Bonchev–Trinajstić information content (AvgIpc) is 2.88. The molecule has 0 spiro atoms. The van der Waals surface area contributed by atoms with E-state index < -0.39 is 53.3 Å². The number of hydrogen-bond acceptors (Lipinski definition) is 5. The third-order valence-electron chi connectivity index (χ3n) is 4.36. The van der Waals surface area contributed by atoms with Gasteiger partial charge in [-0.2, -0.15) is 0 Å². The van der Waals surface area contributed by atoms with Crippen LogP contribution in [0.2, 0.25) is 0 Å². The quantitative estimate of drug-likeness (QED) is 0.706. The molecular weight excluding hydrogens is 268 g/mol. The Balaban J connectivity index is 2.55. The molecule has 110 valence electrons. The molecule has 2 rings (SSSR count). The van der Waals surface area contributed by atoms with Crippen molar-refractivity contribution in [3.63, 3.8) is 0 Å². The summed E-state index contributed by atoms with van der Waals surface area (Å²) in [4.78, 5) is 46.8. The van der Waals surface area contributed by atoms with Crippen molar-refractivity contribution in [2.75, 3.05) is 6.61 Å². The molecule has 1 aliphatic carbocycles. The zero-order valence-corrected chi connectivity index (χ0v) is 11.0. The maximum atomic E-state index is 11.8. The van der Waals surface area contributed by atoms with Crippen LogP contribution in [0.15, 0.2) is 0 Å². The van der Waals surface area contributed by atoms with Crippen molar-refractivity contribution in [1.29, 1.82) is 0 Å². The van der Waals surface area contributed by atoms with E-state index in [0.717, 1.165) is 0 Å². The predicted octanol–water partition coefficient (Wildman–Crippen LogP) is 0.115. The van der Waals surface area contributed by atoms with Crippen molar-refractivity contribution >= 4 is 23.5 Å². The van der Waals surface area contributed by atoms with Crippen LogP contribution in [0.1, 0.15) is 26.2 Å². The molecule has 2 aliphatic rings. The summed E-state index contributed by atoms with van der Waals surface area (Å²) in [5, 5.41) is 19.0. The van der Waals surface area contributed by atoms with Gasteiger partial charge >= 0.3 is 11.9 Å². The van der Waals surface area contributed by atoms with E-state index in [0.29, 0.717) is 19.4 Å². The Bertz CT molecular complexity index is 477. The lowest BCUT2D eigenvalue weighted by molar-refractivity contribution is -0.184. The highest BCUT2D eigenvalue weighted by Gasteiger charge is 2.63. The molecule has 0 radical (unpaired) electrons. The summed E-state index contributed by atoms with van der Waals surface area (Å²) in [6, 6.07) is 0. The first-order valence-corrected chi connectivity index (χ1v) is 6.47. The number of carbonyl (C=O) groups is 4. The second-order valence-electron chi connectivity index (χ2n) is 5.42. The van der Waals surface area contributed by atoms with E-state index in [2.05, 4.69) is 0 Å². The Morgan fingerprint density at radius 1 is 1.30 bits per heavy atom. The van der Waals surface area contributed by atoms with Crippen LogP contribution in [0.5, 0.6) is 0 Å². The van der Waals surface area contributed by atoms with E-state index in [4.69, 9.17) is 4.74 Å². The molecule has 0 aromatic heterocycles. The Kier molecular flexibility index (Phi) is 3.64. The number of carboxylic acid groups (broad SMARTS) is 2. The first-order chi connectivity index (χ1) is 9.32. The first kappa shape index (κ1) is 14.6. The van der Waals surface area contributed by atoms with Crippen molar-refractivity contribution in [3.05, 3.63) is 0 Å². The summed E-state index contributed by atoms with van der Waals surface area (Å²) < 4.78 is 5.36. The van der Waals surface area contributed by atoms with Crippen LogP contribution in [-0.2, 0) is 23.9 Å². The molecule has 0 bridgehead atoms. The fourth-order valence-electron chi connectivity index (χ4n) is 3.39. The van der Waals surface area contributed by atoms with E-state index in [1.807, 2.05) is 0 Å². The number of Topliss-reactive ketones (excluding diaryl/α,β-unsaturated/α-hetero) is 2.